The Morgan fingerprint density at radius 3 is 1.14 bits per heavy atom. The molecule has 2 rings (SSSR count). The molecular formula is C79H145NO13. The van der Waals surface area contributed by atoms with Crippen LogP contribution in [-0.2, 0) is 23.7 Å². The highest BCUT2D eigenvalue weighted by atomic mass is 16.7. The molecule has 2 saturated heterocycles. The van der Waals surface area contributed by atoms with Gasteiger partial charge in [0.15, 0.2) is 12.6 Å². The third-order valence-electron chi connectivity index (χ3n) is 19.0. The van der Waals surface area contributed by atoms with E-state index in [-0.39, 0.29) is 18.9 Å². The summed E-state index contributed by atoms with van der Waals surface area (Å²) < 4.78 is 22.9. The second kappa shape index (κ2) is 63.2. The third kappa shape index (κ3) is 46.6. The molecule has 0 aromatic heterocycles. The van der Waals surface area contributed by atoms with Crippen LogP contribution in [0.15, 0.2) is 60.8 Å². The van der Waals surface area contributed by atoms with Gasteiger partial charge in [-0.1, -0.05) is 338 Å². The number of rotatable bonds is 65. The van der Waals surface area contributed by atoms with Crippen LogP contribution in [0.1, 0.15) is 341 Å². The van der Waals surface area contributed by atoms with Crippen LogP contribution in [0, 0.1) is 0 Å². The number of hydrogen-bond acceptors (Lipinski definition) is 13. The monoisotopic (exact) mass is 1320 g/mol. The molecule has 0 spiro atoms. The molecule has 14 nitrogen and oxygen atoms in total. The molecule has 12 unspecified atom stereocenters. The van der Waals surface area contributed by atoms with Gasteiger partial charge in [-0.05, 0) is 57.8 Å². The Hall–Kier alpha value is -2.31. The van der Waals surface area contributed by atoms with Gasteiger partial charge >= 0.3 is 0 Å². The third-order valence-corrected chi connectivity index (χ3v) is 19.0. The molecule has 0 radical (unpaired) electrons. The van der Waals surface area contributed by atoms with Crippen molar-refractivity contribution >= 4 is 5.91 Å². The van der Waals surface area contributed by atoms with Crippen LogP contribution in [0.4, 0.5) is 0 Å². The fourth-order valence-corrected chi connectivity index (χ4v) is 12.8. The van der Waals surface area contributed by atoms with Gasteiger partial charge in [0.2, 0.25) is 5.91 Å². The van der Waals surface area contributed by atoms with Crippen LogP contribution in [0.3, 0.4) is 0 Å². The molecule has 2 heterocycles. The maximum absolute atomic E-state index is 13.4. The highest BCUT2D eigenvalue weighted by Gasteiger charge is 2.51. The van der Waals surface area contributed by atoms with E-state index in [0.717, 1.165) is 64.2 Å². The van der Waals surface area contributed by atoms with Crippen molar-refractivity contribution in [1.29, 1.82) is 0 Å². The number of hydrogen-bond donors (Lipinski definition) is 9. The van der Waals surface area contributed by atoms with Crippen molar-refractivity contribution in [2.24, 2.45) is 0 Å². The first-order chi connectivity index (χ1) is 45.6. The van der Waals surface area contributed by atoms with Crippen molar-refractivity contribution in [3.8, 4) is 0 Å². The number of nitrogens with one attached hydrogen (secondary N) is 1. The summed E-state index contributed by atoms with van der Waals surface area (Å²) in [5, 5.41) is 87.5. The largest absolute Gasteiger partial charge is 0.394 e. The predicted octanol–water partition coefficient (Wildman–Crippen LogP) is 17.2. The van der Waals surface area contributed by atoms with Crippen LogP contribution in [0.25, 0.3) is 0 Å². The standard InChI is InChI=1S/C79H145NO13/c1-3-5-7-9-11-13-15-17-19-21-23-24-25-26-27-28-29-30-31-32-33-34-35-36-37-38-39-40-41-42-43-44-45-47-49-51-53-55-57-59-61-63-71(84)80-67(68(83)62-60-58-56-54-52-50-48-46-22-20-18-16-14-12-10-8-6-4-2)66-90-78-76(89)74(87)77(70(65-82)92-78)93-79-75(88)73(86)72(85)69(64-81)91-79/h5,7,11,13,17,19,23-24,60,62,67-70,72-79,81-83,85-89H,3-4,6,8-10,12,14-16,18,20-22,25-59,61,63-66H2,1-2H3,(H,80,84)/b7-5-,13-11-,19-17-,24-23-,62-60+. The normalized spacial score (nSPS) is 22.9. The summed E-state index contributed by atoms with van der Waals surface area (Å²) in [4.78, 5) is 13.4. The highest BCUT2D eigenvalue weighted by molar-refractivity contribution is 5.76. The lowest BCUT2D eigenvalue weighted by Crippen LogP contribution is -2.65. The molecule has 0 saturated carbocycles. The molecule has 2 aliphatic rings. The molecule has 93 heavy (non-hydrogen) atoms. The minimum Gasteiger partial charge on any atom is -0.394 e. The van der Waals surface area contributed by atoms with E-state index in [1.54, 1.807) is 6.08 Å². The van der Waals surface area contributed by atoms with E-state index in [9.17, 15) is 45.6 Å². The average Bonchev–Trinajstić information content (AvgIpc) is 0.958. The number of amides is 1. The maximum atomic E-state index is 13.4. The van der Waals surface area contributed by atoms with Crippen molar-refractivity contribution in [3.05, 3.63) is 60.8 Å². The van der Waals surface area contributed by atoms with E-state index < -0.39 is 86.8 Å². The van der Waals surface area contributed by atoms with Crippen molar-refractivity contribution in [1.82, 2.24) is 5.32 Å². The first-order valence-electron chi connectivity index (χ1n) is 39.0. The first kappa shape index (κ1) is 86.8. The van der Waals surface area contributed by atoms with E-state index in [1.165, 1.54) is 250 Å². The first-order valence-corrected chi connectivity index (χ1v) is 39.0. The molecule has 544 valence electrons. The highest BCUT2D eigenvalue weighted by Crippen LogP contribution is 2.30. The summed E-state index contributed by atoms with van der Waals surface area (Å²) >= 11 is 0. The lowest BCUT2D eigenvalue weighted by Gasteiger charge is -2.46. The Balaban J connectivity index is 1.55. The molecular weight excluding hydrogens is 1170 g/mol. The van der Waals surface area contributed by atoms with Gasteiger partial charge in [-0.3, -0.25) is 4.79 Å². The zero-order valence-electron chi connectivity index (χ0n) is 59.5. The van der Waals surface area contributed by atoms with E-state index >= 15 is 0 Å². The minimum atomic E-state index is -1.79. The molecule has 0 aromatic rings. The van der Waals surface area contributed by atoms with Crippen molar-refractivity contribution in [2.75, 3.05) is 19.8 Å². The van der Waals surface area contributed by atoms with Gasteiger partial charge in [-0.2, -0.15) is 0 Å². The Labute approximate surface area is 568 Å². The average molecular weight is 1320 g/mol. The fourth-order valence-electron chi connectivity index (χ4n) is 12.8. The number of allylic oxidation sites excluding steroid dienone is 9. The molecule has 14 heteroatoms. The second-order valence-corrected chi connectivity index (χ2v) is 27.5. The summed E-state index contributed by atoms with van der Waals surface area (Å²) in [6, 6.07) is -0.914. The zero-order valence-corrected chi connectivity index (χ0v) is 59.5. The van der Waals surface area contributed by atoms with Crippen LogP contribution >= 0.6 is 0 Å². The van der Waals surface area contributed by atoms with Gasteiger partial charge in [0.05, 0.1) is 32.0 Å². The van der Waals surface area contributed by atoms with Gasteiger partial charge in [-0.25, -0.2) is 0 Å². The number of aliphatic hydroxyl groups excluding tert-OH is 8. The van der Waals surface area contributed by atoms with Crippen LogP contribution in [-0.4, -0.2) is 140 Å². The zero-order chi connectivity index (χ0) is 67.3. The molecule has 0 aliphatic carbocycles. The van der Waals surface area contributed by atoms with E-state index in [2.05, 4.69) is 67.8 Å². The Bertz CT molecular complexity index is 1790. The van der Waals surface area contributed by atoms with Crippen LogP contribution < -0.4 is 5.32 Å². The van der Waals surface area contributed by atoms with Crippen LogP contribution in [0.5, 0.6) is 0 Å². The molecule has 12 atom stereocenters. The van der Waals surface area contributed by atoms with Gasteiger partial charge in [0.1, 0.15) is 48.8 Å². The predicted molar refractivity (Wildman–Crippen MR) is 383 cm³/mol. The quantitative estimate of drug-likeness (QED) is 0.0204. The fraction of sp³-hybridized carbons (Fsp3) is 0.861. The van der Waals surface area contributed by atoms with Crippen molar-refractivity contribution < 1.29 is 64.6 Å². The van der Waals surface area contributed by atoms with Crippen molar-refractivity contribution in [3.63, 3.8) is 0 Å². The summed E-state index contributed by atoms with van der Waals surface area (Å²) in [6.07, 6.45) is 68.8. The SMILES string of the molecule is CC/C=C\C/C=C\C/C=C\C/C=C\CCCCCCCCCCCCCCCCCCCCCCCCCCCCCCC(=O)NC(COC1OC(CO)C(OC2OC(CO)C(O)C(O)C2O)C(O)C1O)C(O)/C=C/CCCCCCCCCCCCCCCCCC. The Kier molecular flexibility index (Phi) is 58.9. The van der Waals surface area contributed by atoms with Gasteiger partial charge in [0, 0.05) is 6.42 Å². The number of aliphatic hydroxyl groups is 8. The number of ether oxygens (including phenoxy) is 4. The Morgan fingerprint density at radius 2 is 0.742 bits per heavy atom. The summed E-state index contributed by atoms with van der Waals surface area (Å²) in [5.74, 6) is -0.233. The lowest BCUT2D eigenvalue weighted by atomic mass is 9.97. The molecule has 1 amide bonds. The second-order valence-electron chi connectivity index (χ2n) is 27.5. The maximum Gasteiger partial charge on any atom is 0.220 e. The molecule has 2 fully saturated rings. The molecule has 2 aliphatic heterocycles. The summed E-state index contributed by atoms with van der Waals surface area (Å²) in [6.45, 7) is 2.73. The van der Waals surface area contributed by atoms with Crippen LogP contribution in [0.2, 0.25) is 0 Å². The summed E-state index contributed by atoms with van der Waals surface area (Å²) in [7, 11) is 0. The van der Waals surface area contributed by atoms with E-state index in [0.29, 0.717) is 6.42 Å². The topological polar surface area (TPSA) is 228 Å². The number of unbranched alkanes of at least 4 members (excludes halogenated alkanes) is 44. The Morgan fingerprint density at radius 1 is 0.398 bits per heavy atom. The molecule has 0 bridgehead atoms. The molecule has 0 aromatic carbocycles. The number of carbonyl (C=O) groups excluding carboxylic acids is 1. The van der Waals surface area contributed by atoms with E-state index in [4.69, 9.17) is 18.9 Å². The van der Waals surface area contributed by atoms with Gasteiger partial charge < -0.3 is 65.1 Å². The molecule has 9 N–H and O–H groups in total. The smallest absolute Gasteiger partial charge is 0.220 e. The number of carbonyl (C=O) groups is 1. The summed E-state index contributed by atoms with van der Waals surface area (Å²) in [5.41, 5.74) is 0. The van der Waals surface area contributed by atoms with Gasteiger partial charge in [-0.15, -0.1) is 0 Å². The van der Waals surface area contributed by atoms with E-state index in [1.807, 2.05) is 6.08 Å². The minimum absolute atomic E-state index is 0.233. The van der Waals surface area contributed by atoms with Gasteiger partial charge in [0.25, 0.3) is 0 Å². The van der Waals surface area contributed by atoms with Crippen molar-refractivity contribution in [2.45, 2.75) is 415 Å². The lowest BCUT2D eigenvalue weighted by molar-refractivity contribution is -0.359.